The predicted octanol–water partition coefficient (Wildman–Crippen LogP) is 2.76. The molecule has 136 valence electrons. The fraction of sp³-hybridized carbons (Fsp3) is 0.300. The summed E-state index contributed by atoms with van der Waals surface area (Å²) in [5.41, 5.74) is 1.51. The summed E-state index contributed by atoms with van der Waals surface area (Å²) in [6, 6.07) is 13.2. The van der Waals surface area contributed by atoms with E-state index in [0.29, 0.717) is 37.5 Å². The van der Waals surface area contributed by atoms with Gasteiger partial charge in [-0.25, -0.2) is 4.39 Å². The molecule has 26 heavy (non-hydrogen) atoms. The molecule has 0 N–H and O–H groups in total. The van der Waals surface area contributed by atoms with Crippen LogP contribution in [0.3, 0.4) is 0 Å². The number of hydrogen-bond acceptors (Lipinski definition) is 4. The lowest BCUT2D eigenvalue weighted by atomic mass is 10.1. The molecule has 1 heterocycles. The van der Waals surface area contributed by atoms with Crippen LogP contribution >= 0.6 is 0 Å². The Labute approximate surface area is 152 Å². The van der Waals surface area contributed by atoms with Gasteiger partial charge in [0, 0.05) is 37.4 Å². The highest BCUT2D eigenvalue weighted by molar-refractivity contribution is 5.94. The molecule has 0 atom stereocenters. The minimum absolute atomic E-state index is 0.0429. The minimum Gasteiger partial charge on any atom is -0.484 e. The first-order valence-electron chi connectivity index (χ1n) is 8.55. The average Bonchev–Trinajstić information content (AvgIpc) is 2.67. The van der Waals surface area contributed by atoms with Gasteiger partial charge in [0.05, 0.1) is 0 Å². The molecule has 0 unspecified atom stereocenters. The lowest BCUT2D eigenvalue weighted by Gasteiger charge is -2.36. The standard InChI is InChI=1S/C20H21FN2O3/c1-15(24)16-3-2-4-19(13-16)26-14-20(25)23-11-9-22(10-12-23)18-7-5-17(21)6-8-18/h2-8,13H,9-12,14H2,1H3. The number of amides is 1. The Kier molecular flexibility index (Phi) is 5.51. The quantitative estimate of drug-likeness (QED) is 0.773. The SMILES string of the molecule is CC(=O)c1cccc(OCC(=O)N2CCN(c3ccc(F)cc3)CC2)c1. The largest absolute Gasteiger partial charge is 0.484 e. The zero-order valence-electron chi connectivity index (χ0n) is 14.7. The van der Waals surface area contributed by atoms with E-state index in [1.807, 2.05) is 0 Å². The molecule has 1 amide bonds. The van der Waals surface area contributed by atoms with Gasteiger partial charge in [0.1, 0.15) is 11.6 Å². The number of ketones is 1. The number of carbonyl (C=O) groups is 2. The highest BCUT2D eigenvalue weighted by Crippen LogP contribution is 2.17. The molecule has 0 spiro atoms. The molecule has 0 saturated carbocycles. The van der Waals surface area contributed by atoms with Crippen molar-refractivity contribution in [2.24, 2.45) is 0 Å². The van der Waals surface area contributed by atoms with E-state index in [-0.39, 0.29) is 24.1 Å². The van der Waals surface area contributed by atoms with Gasteiger partial charge in [-0.2, -0.15) is 0 Å². The fourth-order valence-corrected chi connectivity index (χ4v) is 2.91. The number of anilines is 1. The summed E-state index contributed by atoms with van der Waals surface area (Å²) in [6.07, 6.45) is 0. The smallest absolute Gasteiger partial charge is 0.260 e. The third-order valence-electron chi connectivity index (χ3n) is 4.43. The molecule has 3 rings (SSSR count). The summed E-state index contributed by atoms with van der Waals surface area (Å²) < 4.78 is 18.5. The first-order valence-corrected chi connectivity index (χ1v) is 8.55. The number of carbonyl (C=O) groups excluding carboxylic acids is 2. The first kappa shape index (κ1) is 17.9. The zero-order chi connectivity index (χ0) is 18.5. The molecule has 5 nitrogen and oxygen atoms in total. The van der Waals surface area contributed by atoms with E-state index in [1.165, 1.54) is 19.1 Å². The summed E-state index contributed by atoms with van der Waals surface area (Å²) in [5.74, 6) is 0.125. The fourth-order valence-electron chi connectivity index (χ4n) is 2.91. The Morgan fingerprint density at radius 1 is 1.04 bits per heavy atom. The Morgan fingerprint density at radius 3 is 2.38 bits per heavy atom. The molecule has 2 aromatic rings. The van der Waals surface area contributed by atoms with Crippen molar-refractivity contribution < 1.29 is 18.7 Å². The maximum Gasteiger partial charge on any atom is 0.260 e. The number of halogens is 1. The summed E-state index contributed by atoms with van der Waals surface area (Å²) in [7, 11) is 0. The van der Waals surface area contributed by atoms with Crippen molar-refractivity contribution in [3.05, 3.63) is 59.9 Å². The lowest BCUT2D eigenvalue weighted by Crippen LogP contribution is -2.50. The summed E-state index contributed by atoms with van der Waals surface area (Å²) in [4.78, 5) is 27.6. The van der Waals surface area contributed by atoms with E-state index in [1.54, 1.807) is 41.3 Å². The van der Waals surface area contributed by atoms with Crippen molar-refractivity contribution >= 4 is 17.4 Å². The maximum absolute atomic E-state index is 13.0. The normalized spacial score (nSPS) is 14.2. The van der Waals surface area contributed by atoms with E-state index < -0.39 is 0 Å². The van der Waals surface area contributed by atoms with E-state index in [0.717, 1.165) is 5.69 Å². The van der Waals surface area contributed by atoms with Gasteiger partial charge in [0.15, 0.2) is 12.4 Å². The lowest BCUT2D eigenvalue weighted by molar-refractivity contribution is -0.133. The molecule has 0 aliphatic carbocycles. The minimum atomic E-state index is -0.256. The van der Waals surface area contributed by atoms with Crippen LogP contribution in [0.5, 0.6) is 5.75 Å². The van der Waals surface area contributed by atoms with E-state index in [4.69, 9.17) is 4.74 Å². The highest BCUT2D eigenvalue weighted by Gasteiger charge is 2.21. The van der Waals surface area contributed by atoms with E-state index in [2.05, 4.69) is 4.90 Å². The topological polar surface area (TPSA) is 49.9 Å². The van der Waals surface area contributed by atoms with Gasteiger partial charge in [0.2, 0.25) is 0 Å². The summed E-state index contributed by atoms with van der Waals surface area (Å²) >= 11 is 0. The van der Waals surface area contributed by atoms with Crippen molar-refractivity contribution in [3.8, 4) is 5.75 Å². The monoisotopic (exact) mass is 356 g/mol. The molecule has 2 aromatic carbocycles. The number of benzene rings is 2. The van der Waals surface area contributed by atoms with Crippen LogP contribution in [0.25, 0.3) is 0 Å². The number of rotatable bonds is 5. The Hall–Kier alpha value is -2.89. The third kappa shape index (κ3) is 4.39. The molecule has 0 aromatic heterocycles. The second kappa shape index (κ2) is 7.99. The molecular formula is C20H21FN2O3. The second-order valence-corrected chi connectivity index (χ2v) is 6.22. The third-order valence-corrected chi connectivity index (χ3v) is 4.43. The van der Waals surface area contributed by atoms with Crippen LogP contribution in [-0.2, 0) is 4.79 Å². The van der Waals surface area contributed by atoms with Gasteiger partial charge in [-0.05, 0) is 43.3 Å². The Morgan fingerprint density at radius 2 is 1.73 bits per heavy atom. The van der Waals surface area contributed by atoms with Gasteiger partial charge in [-0.15, -0.1) is 0 Å². The predicted molar refractivity (Wildman–Crippen MR) is 97.1 cm³/mol. The number of nitrogens with zero attached hydrogens (tertiary/aromatic N) is 2. The van der Waals surface area contributed by atoms with Gasteiger partial charge in [-0.1, -0.05) is 12.1 Å². The summed E-state index contributed by atoms with van der Waals surface area (Å²) in [5, 5.41) is 0. The molecule has 1 aliphatic heterocycles. The molecule has 1 fully saturated rings. The van der Waals surface area contributed by atoms with Gasteiger partial charge >= 0.3 is 0 Å². The molecule has 6 heteroatoms. The number of piperazine rings is 1. The van der Waals surface area contributed by atoms with Crippen molar-refractivity contribution in [2.75, 3.05) is 37.7 Å². The van der Waals surface area contributed by atoms with Gasteiger partial charge in [-0.3, -0.25) is 9.59 Å². The van der Waals surface area contributed by atoms with Gasteiger partial charge in [0.25, 0.3) is 5.91 Å². The van der Waals surface area contributed by atoms with Crippen LogP contribution in [0.4, 0.5) is 10.1 Å². The van der Waals surface area contributed by atoms with Gasteiger partial charge < -0.3 is 14.5 Å². The van der Waals surface area contributed by atoms with Crippen LogP contribution in [0, 0.1) is 5.82 Å². The first-order chi connectivity index (χ1) is 12.5. The van der Waals surface area contributed by atoms with Crippen molar-refractivity contribution in [1.82, 2.24) is 4.90 Å². The number of ether oxygens (including phenoxy) is 1. The molecule has 0 bridgehead atoms. The van der Waals surface area contributed by atoms with Crippen LogP contribution in [0.15, 0.2) is 48.5 Å². The number of hydrogen-bond donors (Lipinski definition) is 0. The van der Waals surface area contributed by atoms with E-state index in [9.17, 15) is 14.0 Å². The van der Waals surface area contributed by atoms with Crippen molar-refractivity contribution in [3.63, 3.8) is 0 Å². The summed E-state index contributed by atoms with van der Waals surface area (Å²) in [6.45, 7) is 4.00. The van der Waals surface area contributed by atoms with E-state index >= 15 is 0 Å². The van der Waals surface area contributed by atoms with Crippen molar-refractivity contribution in [1.29, 1.82) is 0 Å². The van der Waals surface area contributed by atoms with Crippen LogP contribution in [0.2, 0.25) is 0 Å². The molecule has 0 radical (unpaired) electrons. The van der Waals surface area contributed by atoms with Crippen LogP contribution in [-0.4, -0.2) is 49.4 Å². The van der Waals surface area contributed by atoms with Crippen molar-refractivity contribution in [2.45, 2.75) is 6.92 Å². The molecule has 1 aliphatic rings. The second-order valence-electron chi connectivity index (χ2n) is 6.22. The Balaban J connectivity index is 1.50. The Bertz CT molecular complexity index is 784. The maximum atomic E-state index is 13.0. The molecule has 1 saturated heterocycles. The number of Topliss-reactive ketones (excluding diaryl/α,β-unsaturated/α-hetero) is 1. The average molecular weight is 356 g/mol. The van der Waals surface area contributed by atoms with Crippen LogP contribution in [0.1, 0.15) is 17.3 Å². The highest BCUT2D eigenvalue weighted by atomic mass is 19.1. The molecular weight excluding hydrogens is 335 g/mol. The van der Waals surface area contributed by atoms with Crippen LogP contribution < -0.4 is 9.64 Å². The zero-order valence-corrected chi connectivity index (χ0v) is 14.7.